The Bertz CT molecular complexity index is 1460. The number of pyridine rings is 1. The van der Waals surface area contributed by atoms with Crippen LogP contribution in [0.4, 0.5) is 5.69 Å². The Kier molecular flexibility index (Phi) is 5.79. The van der Waals surface area contributed by atoms with Gasteiger partial charge in [0, 0.05) is 17.1 Å². The standard InChI is InChI=1S/C30H23N3O2S/c1-20-30(34)33(28(21-10-4-2-5-11-21)22-12-6-3-7-13-22)26-18-23(15-16-27(26)35-20)25-19-36-29(32-25)24-14-8-9-17-31-24/h2-20,28H,1H3. The lowest BCUT2D eigenvalue weighted by Crippen LogP contribution is -2.46. The van der Waals surface area contributed by atoms with Crippen molar-refractivity contribution in [3.63, 3.8) is 0 Å². The Labute approximate surface area is 213 Å². The molecule has 0 saturated heterocycles. The Hall–Kier alpha value is -4.29. The zero-order chi connectivity index (χ0) is 24.5. The molecule has 3 heterocycles. The van der Waals surface area contributed by atoms with Gasteiger partial charge in [0.2, 0.25) is 0 Å². The molecule has 1 aliphatic heterocycles. The van der Waals surface area contributed by atoms with Crippen molar-refractivity contribution in [3.8, 4) is 27.7 Å². The summed E-state index contributed by atoms with van der Waals surface area (Å²) in [4.78, 5) is 24.8. The lowest BCUT2D eigenvalue weighted by Gasteiger charge is -2.39. The van der Waals surface area contributed by atoms with Crippen LogP contribution in [0.25, 0.3) is 22.0 Å². The fraction of sp³-hybridized carbons (Fsp3) is 0.100. The van der Waals surface area contributed by atoms with Crippen molar-refractivity contribution < 1.29 is 9.53 Å². The number of rotatable bonds is 5. The van der Waals surface area contributed by atoms with Crippen molar-refractivity contribution in [3.05, 3.63) is 120 Å². The molecule has 0 radical (unpaired) electrons. The molecule has 3 aromatic carbocycles. The number of carbonyl (C=O) groups is 1. The Morgan fingerprint density at radius 1 is 0.861 bits per heavy atom. The number of ether oxygens (including phenoxy) is 1. The second kappa shape index (κ2) is 9.40. The van der Waals surface area contributed by atoms with Crippen molar-refractivity contribution in [2.45, 2.75) is 19.1 Å². The van der Waals surface area contributed by atoms with Gasteiger partial charge in [0.25, 0.3) is 5.91 Å². The number of aromatic nitrogens is 2. The number of amides is 1. The van der Waals surface area contributed by atoms with Gasteiger partial charge in [0.1, 0.15) is 10.8 Å². The molecule has 1 atom stereocenters. The fourth-order valence-corrected chi connectivity index (χ4v) is 5.37. The van der Waals surface area contributed by atoms with Gasteiger partial charge in [-0.1, -0.05) is 66.7 Å². The van der Waals surface area contributed by atoms with Gasteiger partial charge in [0.15, 0.2) is 6.10 Å². The normalized spacial score (nSPS) is 15.0. The zero-order valence-electron chi connectivity index (χ0n) is 19.6. The van der Waals surface area contributed by atoms with E-state index in [2.05, 4.69) is 29.2 Å². The predicted molar refractivity (Wildman–Crippen MR) is 143 cm³/mol. The summed E-state index contributed by atoms with van der Waals surface area (Å²) in [5.74, 6) is 0.604. The number of fused-ring (bicyclic) bond motifs is 1. The van der Waals surface area contributed by atoms with Crippen LogP contribution in [0.15, 0.2) is 109 Å². The van der Waals surface area contributed by atoms with Crippen LogP contribution in [0.3, 0.4) is 0 Å². The molecule has 1 aliphatic rings. The summed E-state index contributed by atoms with van der Waals surface area (Å²) in [6.07, 6.45) is 1.18. The van der Waals surface area contributed by atoms with Crippen molar-refractivity contribution in [2.75, 3.05) is 4.90 Å². The first-order valence-corrected chi connectivity index (χ1v) is 12.7. The van der Waals surface area contributed by atoms with Gasteiger partial charge >= 0.3 is 0 Å². The van der Waals surface area contributed by atoms with Crippen molar-refractivity contribution >= 4 is 22.9 Å². The lowest BCUT2D eigenvalue weighted by molar-refractivity contribution is -0.126. The fourth-order valence-electron chi connectivity index (χ4n) is 4.56. The molecule has 2 aromatic heterocycles. The smallest absolute Gasteiger partial charge is 0.268 e. The topological polar surface area (TPSA) is 55.3 Å². The summed E-state index contributed by atoms with van der Waals surface area (Å²) >= 11 is 1.55. The summed E-state index contributed by atoms with van der Waals surface area (Å²) in [7, 11) is 0. The van der Waals surface area contributed by atoms with Gasteiger partial charge in [0.05, 0.1) is 23.1 Å². The van der Waals surface area contributed by atoms with E-state index in [1.165, 1.54) is 0 Å². The number of carbonyl (C=O) groups excluding carboxylic acids is 1. The number of anilines is 1. The Balaban J connectivity index is 1.47. The molecule has 36 heavy (non-hydrogen) atoms. The molecule has 1 unspecified atom stereocenters. The second-order valence-corrected chi connectivity index (χ2v) is 9.49. The second-order valence-electron chi connectivity index (χ2n) is 8.63. The van der Waals surface area contributed by atoms with Gasteiger partial charge in [-0.2, -0.15) is 0 Å². The van der Waals surface area contributed by atoms with Crippen LogP contribution in [-0.4, -0.2) is 22.0 Å². The average molecular weight is 490 g/mol. The Morgan fingerprint density at radius 3 is 2.22 bits per heavy atom. The highest BCUT2D eigenvalue weighted by atomic mass is 32.1. The molecule has 0 spiro atoms. The predicted octanol–water partition coefficient (Wildman–Crippen LogP) is 6.78. The number of benzene rings is 3. The third kappa shape index (κ3) is 4.06. The van der Waals surface area contributed by atoms with E-state index in [1.54, 1.807) is 24.5 Å². The molecular formula is C30H23N3O2S. The van der Waals surface area contributed by atoms with Gasteiger partial charge in [-0.15, -0.1) is 11.3 Å². The minimum absolute atomic E-state index is 0.0789. The number of nitrogens with zero attached hydrogens (tertiary/aromatic N) is 3. The monoisotopic (exact) mass is 489 g/mol. The molecule has 6 rings (SSSR count). The minimum atomic E-state index is -0.590. The van der Waals surface area contributed by atoms with Crippen LogP contribution in [0.2, 0.25) is 0 Å². The maximum Gasteiger partial charge on any atom is 0.268 e. The van der Waals surface area contributed by atoms with Gasteiger partial charge < -0.3 is 4.74 Å². The first-order valence-electron chi connectivity index (χ1n) is 11.8. The molecular weight excluding hydrogens is 466 g/mol. The van der Waals surface area contributed by atoms with Crippen molar-refractivity contribution in [2.24, 2.45) is 0 Å². The third-order valence-corrected chi connectivity index (χ3v) is 7.14. The van der Waals surface area contributed by atoms with Crippen molar-refractivity contribution in [1.82, 2.24) is 9.97 Å². The molecule has 0 aliphatic carbocycles. The van der Waals surface area contributed by atoms with Crippen LogP contribution >= 0.6 is 11.3 Å². The quantitative estimate of drug-likeness (QED) is 0.273. The molecule has 1 amide bonds. The molecule has 5 aromatic rings. The molecule has 6 heteroatoms. The number of hydrogen-bond donors (Lipinski definition) is 0. The first kappa shape index (κ1) is 22.2. The third-order valence-electron chi connectivity index (χ3n) is 6.28. The summed E-state index contributed by atoms with van der Waals surface area (Å²) in [5, 5.41) is 2.88. The van der Waals surface area contributed by atoms with Crippen LogP contribution in [0, 0.1) is 0 Å². The molecule has 176 valence electrons. The van der Waals surface area contributed by atoms with Gasteiger partial charge in [-0.05, 0) is 48.4 Å². The highest BCUT2D eigenvalue weighted by Gasteiger charge is 2.38. The zero-order valence-corrected chi connectivity index (χ0v) is 20.4. The first-order chi connectivity index (χ1) is 17.7. The van der Waals surface area contributed by atoms with Gasteiger partial charge in [-0.3, -0.25) is 14.7 Å². The van der Waals surface area contributed by atoms with E-state index in [-0.39, 0.29) is 11.9 Å². The van der Waals surface area contributed by atoms with E-state index in [9.17, 15) is 4.79 Å². The highest BCUT2D eigenvalue weighted by Crippen LogP contribution is 2.44. The van der Waals surface area contributed by atoms with E-state index in [4.69, 9.17) is 9.72 Å². The molecule has 0 fully saturated rings. The number of thiazole rings is 1. The van der Waals surface area contributed by atoms with E-state index < -0.39 is 6.10 Å². The van der Waals surface area contributed by atoms with E-state index in [1.807, 2.05) is 83.1 Å². The summed E-state index contributed by atoms with van der Waals surface area (Å²) in [5.41, 5.74) is 5.41. The molecule has 0 bridgehead atoms. The number of hydrogen-bond acceptors (Lipinski definition) is 5. The Morgan fingerprint density at radius 2 is 1.56 bits per heavy atom. The van der Waals surface area contributed by atoms with E-state index in [0.29, 0.717) is 5.75 Å². The highest BCUT2D eigenvalue weighted by molar-refractivity contribution is 7.13. The lowest BCUT2D eigenvalue weighted by atomic mass is 9.94. The summed E-state index contributed by atoms with van der Waals surface area (Å²) in [6.45, 7) is 1.80. The van der Waals surface area contributed by atoms with Crippen LogP contribution in [0.1, 0.15) is 24.1 Å². The molecule has 0 saturated carbocycles. The van der Waals surface area contributed by atoms with Crippen LogP contribution in [-0.2, 0) is 4.79 Å². The van der Waals surface area contributed by atoms with Gasteiger partial charge in [-0.25, -0.2) is 4.98 Å². The molecule has 0 N–H and O–H groups in total. The van der Waals surface area contributed by atoms with E-state index in [0.717, 1.165) is 38.8 Å². The van der Waals surface area contributed by atoms with Crippen LogP contribution < -0.4 is 9.64 Å². The SMILES string of the molecule is CC1Oc2ccc(-c3csc(-c4ccccn4)n3)cc2N(C(c2ccccc2)c2ccccc2)C1=O. The largest absolute Gasteiger partial charge is 0.479 e. The minimum Gasteiger partial charge on any atom is -0.479 e. The maximum absolute atomic E-state index is 13.7. The summed E-state index contributed by atoms with van der Waals surface area (Å²) < 4.78 is 6.04. The molecule has 5 nitrogen and oxygen atoms in total. The van der Waals surface area contributed by atoms with E-state index >= 15 is 0 Å². The maximum atomic E-state index is 13.7. The van der Waals surface area contributed by atoms with Crippen molar-refractivity contribution in [1.29, 1.82) is 0 Å². The van der Waals surface area contributed by atoms with Crippen LogP contribution in [0.5, 0.6) is 5.75 Å². The summed E-state index contributed by atoms with van der Waals surface area (Å²) in [6, 6.07) is 31.7. The average Bonchev–Trinajstić information content (AvgIpc) is 3.43.